The van der Waals surface area contributed by atoms with E-state index in [1.54, 1.807) is 41.5 Å². The first-order valence-electron chi connectivity index (χ1n) is 10.7. The van der Waals surface area contributed by atoms with Crippen LogP contribution in [0.2, 0.25) is 0 Å². The van der Waals surface area contributed by atoms with Crippen LogP contribution in [0.3, 0.4) is 0 Å². The highest BCUT2D eigenvalue weighted by molar-refractivity contribution is 7.54. The quantitative estimate of drug-likeness (QED) is 0.451. The fourth-order valence-corrected chi connectivity index (χ4v) is 5.23. The molecule has 1 fully saturated rings. The molecule has 9 nitrogen and oxygen atoms in total. The minimum Gasteiger partial charge on any atom is -0.458 e. The van der Waals surface area contributed by atoms with Crippen LogP contribution in [0.1, 0.15) is 81.1 Å². The van der Waals surface area contributed by atoms with Crippen LogP contribution in [0.25, 0.3) is 0 Å². The number of nitrogens with zero attached hydrogens (tertiary/aromatic N) is 1. The van der Waals surface area contributed by atoms with Crippen molar-refractivity contribution < 1.29 is 38.2 Å². The maximum atomic E-state index is 13.6. The molecule has 2 N–H and O–H groups in total. The number of ketones is 1. The SMILES string of the molecule is CCC(CC)(C(=O)C1CCCN(C(=O)OC(C)(C)C)C1C(=O)OC(C)(C)C)P(=O)(O)O. The predicted molar refractivity (Wildman–Crippen MR) is 116 cm³/mol. The van der Waals surface area contributed by atoms with E-state index in [9.17, 15) is 28.7 Å². The Morgan fingerprint density at radius 3 is 1.84 bits per heavy atom. The van der Waals surface area contributed by atoms with Crippen LogP contribution in [-0.4, -0.2) is 61.5 Å². The maximum Gasteiger partial charge on any atom is 0.411 e. The second-order valence-corrected chi connectivity index (χ2v) is 12.0. The van der Waals surface area contributed by atoms with Gasteiger partial charge in [-0.25, -0.2) is 9.59 Å². The molecule has 10 heteroatoms. The van der Waals surface area contributed by atoms with Crippen LogP contribution < -0.4 is 0 Å². The molecule has 31 heavy (non-hydrogen) atoms. The van der Waals surface area contributed by atoms with Gasteiger partial charge in [-0.15, -0.1) is 0 Å². The fourth-order valence-electron chi connectivity index (χ4n) is 3.95. The largest absolute Gasteiger partial charge is 0.458 e. The van der Waals surface area contributed by atoms with Gasteiger partial charge in [0.1, 0.15) is 22.4 Å². The maximum absolute atomic E-state index is 13.6. The Labute approximate surface area is 185 Å². The first-order chi connectivity index (χ1) is 13.9. The second-order valence-electron chi connectivity index (χ2n) is 10.0. The van der Waals surface area contributed by atoms with Crippen LogP contribution in [-0.2, 0) is 23.6 Å². The topological polar surface area (TPSA) is 130 Å². The molecule has 1 amide bonds. The van der Waals surface area contributed by atoms with E-state index in [0.717, 1.165) is 0 Å². The van der Waals surface area contributed by atoms with Gasteiger partial charge in [0.15, 0.2) is 5.78 Å². The van der Waals surface area contributed by atoms with E-state index >= 15 is 0 Å². The third kappa shape index (κ3) is 6.53. The molecule has 1 aliphatic rings. The Bertz CT molecular complexity index is 727. The molecular formula is C21H38NO8P. The lowest BCUT2D eigenvalue weighted by Gasteiger charge is -2.43. The van der Waals surface area contributed by atoms with Gasteiger partial charge in [-0.1, -0.05) is 13.8 Å². The summed E-state index contributed by atoms with van der Waals surface area (Å²) in [5.74, 6) is -2.61. The number of esters is 1. The zero-order chi connectivity index (χ0) is 24.4. The number of Topliss-reactive ketones (excluding diaryl/α,β-unsaturated/α-hetero) is 1. The standard InChI is InChI=1S/C21H38NO8P/c1-9-21(10-2,31(26,27)28)16(23)14-12-11-13-22(18(25)30-20(6,7)8)15(14)17(24)29-19(3,4)5/h14-15H,9-13H2,1-8H3,(H2,26,27,28). The van der Waals surface area contributed by atoms with Gasteiger partial charge in [-0.2, -0.15) is 0 Å². The molecule has 180 valence electrons. The van der Waals surface area contributed by atoms with Gasteiger partial charge < -0.3 is 19.3 Å². The number of ether oxygens (including phenoxy) is 2. The lowest BCUT2D eigenvalue weighted by molar-refractivity contribution is -0.167. The first kappa shape index (κ1) is 27.6. The number of carbonyl (C=O) groups excluding carboxylic acids is 3. The van der Waals surface area contributed by atoms with Crippen molar-refractivity contribution in [2.45, 2.75) is 103 Å². The minimum atomic E-state index is -4.84. The van der Waals surface area contributed by atoms with Crippen molar-refractivity contribution in [2.75, 3.05) is 6.54 Å². The molecule has 1 saturated heterocycles. The van der Waals surface area contributed by atoms with Gasteiger partial charge in [-0.05, 0) is 67.2 Å². The number of carbonyl (C=O) groups is 3. The second kappa shape index (κ2) is 9.59. The number of piperidine rings is 1. The smallest absolute Gasteiger partial charge is 0.411 e. The van der Waals surface area contributed by atoms with E-state index in [1.807, 2.05) is 0 Å². The summed E-state index contributed by atoms with van der Waals surface area (Å²) in [4.78, 5) is 60.8. The van der Waals surface area contributed by atoms with Crippen molar-refractivity contribution in [3.05, 3.63) is 0 Å². The highest BCUT2D eigenvalue weighted by Gasteiger charge is 2.56. The summed E-state index contributed by atoms with van der Waals surface area (Å²) in [6.07, 6.45) is -0.341. The van der Waals surface area contributed by atoms with E-state index in [-0.39, 0.29) is 25.8 Å². The zero-order valence-electron chi connectivity index (χ0n) is 19.9. The van der Waals surface area contributed by atoms with E-state index in [2.05, 4.69) is 0 Å². The van der Waals surface area contributed by atoms with E-state index in [1.165, 1.54) is 18.7 Å². The van der Waals surface area contributed by atoms with Gasteiger partial charge in [0.25, 0.3) is 0 Å². The minimum absolute atomic E-state index is 0.0867. The highest BCUT2D eigenvalue weighted by Crippen LogP contribution is 2.56. The molecule has 0 radical (unpaired) electrons. The summed E-state index contributed by atoms with van der Waals surface area (Å²) < 4.78 is 23.3. The molecule has 0 saturated carbocycles. The molecule has 1 rings (SSSR count). The van der Waals surface area contributed by atoms with Crippen molar-refractivity contribution in [1.82, 2.24) is 4.90 Å². The fraction of sp³-hybridized carbons (Fsp3) is 0.857. The van der Waals surface area contributed by atoms with Gasteiger partial charge in [0.2, 0.25) is 0 Å². The van der Waals surface area contributed by atoms with Gasteiger partial charge in [0.05, 0.1) is 5.92 Å². The Kier molecular flexibility index (Phi) is 8.54. The van der Waals surface area contributed by atoms with Gasteiger partial charge in [0, 0.05) is 6.54 Å². The van der Waals surface area contributed by atoms with Crippen LogP contribution in [0.4, 0.5) is 4.79 Å². The molecule has 2 atom stereocenters. The van der Waals surface area contributed by atoms with E-state index in [4.69, 9.17) is 9.47 Å². The van der Waals surface area contributed by atoms with E-state index in [0.29, 0.717) is 6.42 Å². The van der Waals surface area contributed by atoms with Crippen LogP contribution >= 0.6 is 7.60 Å². The number of amides is 1. The summed E-state index contributed by atoms with van der Waals surface area (Å²) in [6, 6.07) is -1.32. The lowest BCUT2D eigenvalue weighted by Crippen LogP contribution is -2.59. The molecule has 0 spiro atoms. The summed E-state index contributed by atoms with van der Waals surface area (Å²) in [5, 5.41) is -1.92. The summed E-state index contributed by atoms with van der Waals surface area (Å²) in [5.41, 5.74) is -1.70. The molecule has 1 aliphatic heterocycles. The summed E-state index contributed by atoms with van der Waals surface area (Å²) in [7, 11) is -4.84. The normalized spacial score (nSPS) is 20.9. The van der Waals surface area contributed by atoms with Crippen molar-refractivity contribution in [3.63, 3.8) is 0 Å². The molecule has 0 aliphatic carbocycles. The predicted octanol–water partition coefficient (Wildman–Crippen LogP) is 3.65. The Balaban J connectivity index is 3.50. The number of rotatable bonds is 6. The third-order valence-electron chi connectivity index (χ3n) is 5.43. The average Bonchev–Trinajstić information content (AvgIpc) is 2.58. The molecular weight excluding hydrogens is 425 g/mol. The van der Waals surface area contributed by atoms with Crippen LogP contribution in [0, 0.1) is 5.92 Å². The number of likely N-dealkylation sites (tertiary alicyclic amines) is 1. The van der Waals surface area contributed by atoms with E-state index < -0.39 is 53.8 Å². The van der Waals surface area contributed by atoms with Crippen LogP contribution in [0.5, 0.6) is 0 Å². The molecule has 0 aromatic carbocycles. The molecule has 1 heterocycles. The molecule has 0 aromatic rings. The van der Waals surface area contributed by atoms with Gasteiger partial charge in [-0.3, -0.25) is 14.3 Å². The van der Waals surface area contributed by atoms with Gasteiger partial charge >= 0.3 is 19.7 Å². The average molecular weight is 464 g/mol. The Morgan fingerprint density at radius 2 is 1.45 bits per heavy atom. The van der Waals surface area contributed by atoms with Crippen LogP contribution in [0.15, 0.2) is 0 Å². The summed E-state index contributed by atoms with van der Waals surface area (Å²) >= 11 is 0. The van der Waals surface area contributed by atoms with Crippen molar-refractivity contribution in [3.8, 4) is 0 Å². The molecule has 2 unspecified atom stereocenters. The lowest BCUT2D eigenvalue weighted by atomic mass is 9.78. The van der Waals surface area contributed by atoms with Crippen molar-refractivity contribution >= 4 is 25.4 Å². The highest BCUT2D eigenvalue weighted by atomic mass is 31.2. The Hall–Kier alpha value is -1.44. The summed E-state index contributed by atoms with van der Waals surface area (Å²) in [6.45, 7) is 13.3. The first-order valence-corrected chi connectivity index (χ1v) is 12.3. The van der Waals surface area contributed by atoms with Crippen molar-refractivity contribution in [2.24, 2.45) is 5.92 Å². The number of hydrogen-bond acceptors (Lipinski definition) is 6. The third-order valence-corrected chi connectivity index (χ3v) is 7.40. The molecule has 0 aromatic heterocycles. The monoisotopic (exact) mass is 463 g/mol. The number of hydrogen-bond donors (Lipinski definition) is 2. The zero-order valence-corrected chi connectivity index (χ0v) is 20.8. The van der Waals surface area contributed by atoms with Crippen molar-refractivity contribution in [1.29, 1.82) is 0 Å². The molecule has 0 bridgehead atoms. The Morgan fingerprint density at radius 1 is 0.968 bits per heavy atom.